The molecule has 0 heterocycles. The van der Waals surface area contributed by atoms with Crippen molar-refractivity contribution in [3.8, 4) is 5.75 Å². The average Bonchev–Trinajstić information content (AvgIpc) is 2.35. The molecule has 1 unspecified atom stereocenters. The molecule has 106 valence electrons. The number of nitrogens with two attached hydrogens (primary N) is 1. The maximum atomic E-state index is 12.9. The van der Waals surface area contributed by atoms with E-state index in [1.807, 2.05) is 0 Å². The van der Waals surface area contributed by atoms with Gasteiger partial charge in [0.25, 0.3) is 0 Å². The van der Waals surface area contributed by atoms with Gasteiger partial charge in [-0.1, -0.05) is 6.07 Å². The Kier molecular flexibility index (Phi) is 5.76. The van der Waals surface area contributed by atoms with Gasteiger partial charge in [-0.2, -0.15) is 0 Å². The summed E-state index contributed by atoms with van der Waals surface area (Å²) in [6, 6.07) is 5.92. The molecule has 0 spiro atoms. The lowest BCUT2D eigenvalue weighted by molar-refractivity contribution is -0.149. The number of benzene rings is 1. The number of hydrogen-bond donors (Lipinski definition) is 1. The first-order valence-electron chi connectivity index (χ1n) is 6.30. The Morgan fingerprint density at radius 2 is 2.21 bits per heavy atom. The lowest BCUT2D eigenvalue weighted by Crippen LogP contribution is -2.46. The lowest BCUT2D eigenvalue weighted by Gasteiger charge is -2.22. The predicted molar refractivity (Wildman–Crippen MR) is 70.4 cm³/mol. The van der Waals surface area contributed by atoms with E-state index >= 15 is 0 Å². The largest absolute Gasteiger partial charge is 0.493 e. The van der Waals surface area contributed by atoms with Crippen LogP contribution in [0, 0.1) is 5.82 Å². The molecule has 0 aliphatic heterocycles. The van der Waals surface area contributed by atoms with Crippen molar-refractivity contribution in [3.63, 3.8) is 0 Å². The molecule has 19 heavy (non-hydrogen) atoms. The molecule has 1 atom stereocenters. The topological polar surface area (TPSA) is 61.5 Å². The van der Waals surface area contributed by atoms with Gasteiger partial charge in [0.2, 0.25) is 0 Å². The molecule has 0 fully saturated rings. The third kappa shape index (κ3) is 5.26. The molecule has 2 N–H and O–H groups in total. The van der Waals surface area contributed by atoms with Crippen LogP contribution >= 0.6 is 0 Å². The average molecular weight is 269 g/mol. The van der Waals surface area contributed by atoms with Gasteiger partial charge in [0, 0.05) is 6.07 Å². The molecule has 4 nitrogen and oxygen atoms in total. The van der Waals surface area contributed by atoms with Crippen molar-refractivity contribution in [1.82, 2.24) is 0 Å². The van der Waals surface area contributed by atoms with Gasteiger partial charge in [0.15, 0.2) is 0 Å². The Hall–Kier alpha value is -1.62. The molecule has 1 aromatic carbocycles. The van der Waals surface area contributed by atoms with Crippen LogP contribution in [0.25, 0.3) is 0 Å². The molecule has 0 amide bonds. The van der Waals surface area contributed by atoms with Crippen molar-refractivity contribution in [2.75, 3.05) is 13.2 Å². The zero-order valence-electron chi connectivity index (χ0n) is 11.3. The molecular formula is C14H20FNO3. The minimum Gasteiger partial charge on any atom is -0.493 e. The molecule has 0 bridgehead atoms. The normalized spacial score (nSPS) is 13.7. The van der Waals surface area contributed by atoms with Crippen molar-refractivity contribution >= 4 is 5.97 Å². The summed E-state index contributed by atoms with van der Waals surface area (Å²) in [5.74, 6) is -0.289. The molecule has 5 heteroatoms. The van der Waals surface area contributed by atoms with Crippen molar-refractivity contribution in [1.29, 1.82) is 0 Å². The van der Waals surface area contributed by atoms with E-state index in [1.54, 1.807) is 26.0 Å². The van der Waals surface area contributed by atoms with E-state index in [0.29, 0.717) is 31.8 Å². The van der Waals surface area contributed by atoms with Crippen LogP contribution in [-0.4, -0.2) is 24.7 Å². The molecule has 0 saturated carbocycles. The van der Waals surface area contributed by atoms with Gasteiger partial charge < -0.3 is 15.2 Å². The number of hydrogen-bond acceptors (Lipinski definition) is 4. The summed E-state index contributed by atoms with van der Waals surface area (Å²) in [7, 11) is 0. The Labute approximate surface area is 112 Å². The molecule has 0 aliphatic carbocycles. The highest BCUT2D eigenvalue weighted by Gasteiger charge is 2.29. The van der Waals surface area contributed by atoms with E-state index in [1.165, 1.54) is 12.1 Å². The van der Waals surface area contributed by atoms with Gasteiger partial charge in [-0.05, 0) is 38.8 Å². The quantitative estimate of drug-likeness (QED) is 0.609. The van der Waals surface area contributed by atoms with Crippen LogP contribution in [-0.2, 0) is 9.53 Å². The van der Waals surface area contributed by atoms with Crippen molar-refractivity contribution < 1.29 is 18.7 Å². The summed E-state index contributed by atoms with van der Waals surface area (Å²) in [6.45, 7) is 4.05. The summed E-state index contributed by atoms with van der Waals surface area (Å²) in [4.78, 5) is 11.5. The molecule has 0 aliphatic rings. The minimum absolute atomic E-state index is 0.311. The number of ether oxygens (including phenoxy) is 2. The second-order valence-corrected chi connectivity index (χ2v) is 4.55. The Morgan fingerprint density at radius 3 is 2.84 bits per heavy atom. The third-order valence-corrected chi connectivity index (χ3v) is 2.65. The highest BCUT2D eigenvalue weighted by Crippen LogP contribution is 2.15. The maximum Gasteiger partial charge on any atom is 0.325 e. The van der Waals surface area contributed by atoms with Crippen LogP contribution in [0.4, 0.5) is 4.39 Å². The van der Waals surface area contributed by atoms with Gasteiger partial charge in [-0.15, -0.1) is 0 Å². The summed E-state index contributed by atoms with van der Waals surface area (Å²) in [6.07, 6.45) is 1.03. The molecule has 0 aromatic heterocycles. The second kappa shape index (κ2) is 7.09. The fourth-order valence-corrected chi connectivity index (χ4v) is 1.58. The number of esters is 1. The van der Waals surface area contributed by atoms with Crippen LogP contribution in [0.15, 0.2) is 24.3 Å². The van der Waals surface area contributed by atoms with E-state index in [2.05, 4.69) is 0 Å². The van der Waals surface area contributed by atoms with E-state index in [4.69, 9.17) is 15.2 Å². The summed E-state index contributed by atoms with van der Waals surface area (Å²) in [5.41, 5.74) is 4.85. The zero-order chi connectivity index (χ0) is 14.3. The van der Waals surface area contributed by atoms with Gasteiger partial charge in [0.05, 0.1) is 13.2 Å². The van der Waals surface area contributed by atoms with Gasteiger partial charge in [0.1, 0.15) is 17.1 Å². The number of rotatable bonds is 7. The number of carbonyl (C=O) groups excluding carboxylic acids is 1. The van der Waals surface area contributed by atoms with Crippen LogP contribution < -0.4 is 10.5 Å². The highest BCUT2D eigenvalue weighted by molar-refractivity contribution is 5.79. The zero-order valence-corrected chi connectivity index (χ0v) is 11.3. The fourth-order valence-electron chi connectivity index (χ4n) is 1.58. The first kappa shape index (κ1) is 15.4. The van der Waals surface area contributed by atoms with Crippen molar-refractivity contribution in [2.24, 2.45) is 5.73 Å². The van der Waals surface area contributed by atoms with Crippen LogP contribution in [0.3, 0.4) is 0 Å². The predicted octanol–water partition coefficient (Wildman–Crippen LogP) is 2.27. The van der Waals surface area contributed by atoms with Gasteiger partial charge >= 0.3 is 5.97 Å². The minimum atomic E-state index is -1.01. The Bertz CT molecular complexity index is 421. The molecule has 1 rings (SSSR count). The first-order chi connectivity index (χ1) is 8.95. The van der Waals surface area contributed by atoms with Crippen molar-refractivity contribution in [3.05, 3.63) is 30.1 Å². The van der Waals surface area contributed by atoms with E-state index in [0.717, 1.165) is 0 Å². The Balaban J connectivity index is 2.32. The first-order valence-corrected chi connectivity index (χ1v) is 6.30. The monoisotopic (exact) mass is 269 g/mol. The molecular weight excluding hydrogens is 249 g/mol. The van der Waals surface area contributed by atoms with E-state index < -0.39 is 11.5 Å². The van der Waals surface area contributed by atoms with Gasteiger partial charge in [-0.25, -0.2) is 4.39 Å². The summed E-state index contributed by atoms with van der Waals surface area (Å²) in [5, 5.41) is 0. The Morgan fingerprint density at radius 1 is 1.47 bits per heavy atom. The fraction of sp³-hybridized carbons (Fsp3) is 0.500. The van der Waals surface area contributed by atoms with Crippen LogP contribution in [0.2, 0.25) is 0 Å². The summed E-state index contributed by atoms with van der Waals surface area (Å²) >= 11 is 0. The number of halogens is 1. The van der Waals surface area contributed by atoms with Crippen LogP contribution in [0.5, 0.6) is 5.75 Å². The smallest absolute Gasteiger partial charge is 0.325 e. The standard InChI is InChI=1S/C14H20FNO3/c1-3-18-13(17)14(2,16)8-5-9-19-12-7-4-6-11(15)10-12/h4,6-7,10H,3,5,8-9,16H2,1-2H3. The van der Waals surface area contributed by atoms with Crippen molar-refractivity contribution in [2.45, 2.75) is 32.2 Å². The summed E-state index contributed by atoms with van der Waals surface area (Å²) < 4.78 is 23.2. The lowest BCUT2D eigenvalue weighted by atomic mass is 9.98. The van der Waals surface area contributed by atoms with Gasteiger partial charge in [-0.3, -0.25) is 4.79 Å². The molecule has 0 radical (unpaired) electrons. The van der Waals surface area contributed by atoms with Crippen LogP contribution in [0.1, 0.15) is 26.7 Å². The highest BCUT2D eigenvalue weighted by atomic mass is 19.1. The third-order valence-electron chi connectivity index (χ3n) is 2.65. The second-order valence-electron chi connectivity index (χ2n) is 4.55. The van der Waals surface area contributed by atoms with E-state index in [9.17, 15) is 9.18 Å². The SMILES string of the molecule is CCOC(=O)C(C)(N)CCCOc1cccc(F)c1. The molecule has 1 aromatic rings. The van der Waals surface area contributed by atoms with E-state index in [-0.39, 0.29) is 5.82 Å². The maximum absolute atomic E-state index is 12.9. The number of carbonyl (C=O) groups is 1. The molecule has 0 saturated heterocycles.